The number of hydrogen-bond donors (Lipinski definition) is 1. The van der Waals surface area contributed by atoms with E-state index in [4.69, 9.17) is 4.42 Å². The molecule has 15 heavy (non-hydrogen) atoms. The van der Waals surface area contributed by atoms with E-state index in [1.165, 1.54) is 11.5 Å². The van der Waals surface area contributed by atoms with E-state index in [1.54, 1.807) is 18.0 Å². The van der Waals surface area contributed by atoms with E-state index < -0.39 is 0 Å². The molecule has 1 N–H and O–H groups in total. The SMILES string of the molecule is CSCc1ccc(CNc2cnns2)o1. The van der Waals surface area contributed by atoms with Crippen molar-refractivity contribution in [1.29, 1.82) is 0 Å². The topological polar surface area (TPSA) is 51.0 Å². The molecule has 0 aliphatic carbocycles. The summed E-state index contributed by atoms with van der Waals surface area (Å²) in [7, 11) is 0. The smallest absolute Gasteiger partial charge is 0.130 e. The highest BCUT2D eigenvalue weighted by atomic mass is 32.2. The lowest BCUT2D eigenvalue weighted by molar-refractivity contribution is 0.487. The van der Waals surface area contributed by atoms with Gasteiger partial charge < -0.3 is 9.73 Å². The minimum atomic E-state index is 0.679. The van der Waals surface area contributed by atoms with Crippen LogP contribution in [0.4, 0.5) is 5.00 Å². The first-order valence-corrected chi connectivity index (χ1v) is 6.63. The number of hydrogen-bond acceptors (Lipinski definition) is 6. The highest BCUT2D eigenvalue weighted by Crippen LogP contribution is 2.16. The summed E-state index contributed by atoms with van der Waals surface area (Å²) in [5.74, 6) is 2.87. The molecule has 0 spiro atoms. The molecule has 0 fully saturated rings. The third-order valence-corrected chi connectivity index (χ3v) is 3.00. The van der Waals surface area contributed by atoms with Crippen molar-refractivity contribution in [3.63, 3.8) is 0 Å². The second-order valence-electron chi connectivity index (χ2n) is 2.94. The Morgan fingerprint density at radius 3 is 3.07 bits per heavy atom. The fourth-order valence-electron chi connectivity index (χ4n) is 1.16. The zero-order valence-corrected chi connectivity index (χ0v) is 9.90. The molecule has 0 aliphatic rings. The molecule has 80 valence electrons. The Hall–Kier alpha value is -1.01. The molecule has 0 saturated carbocycles. The van der Waals surface area contributed by atoms with Gasteiger partial charge in [-0.2, -0.15) is 11.8 Å². The number of anilines is 1. The quantitative estimate of drug-likeness (QED) is 0.872. The van der Waals surface area contributed by atoms with Crippen molar-refractivity contribution in [2.45, 2.75) is 12.3 Å². The number of nitrogens with one attached hydrogen (secondary N) is 1. The molecule has 0 saturated heterocycles. The van der Waals surface area contributed by atoms with Gasteiger partial charge in [-0.15, -0.1) is 5.10 Å². The van der Waals surface area contributed by atoms with E-state index in [0.717, 1.165) is 22.3 Å². The van der Waals surface area contributed by atoms with E-state index in [0.29, 0.717) is 6.54 Å². The minimum absolute atomic E-state index is 0.679. The van der Waals surface area contributed by atoms with Crippen LogP contribution >= 0.6 is 23.3 Å². The minimum Gasteiger partial charge on any atom is -0.463 e. The lowest BCUT2D eigenvalue weighted by atomic mass is 10.4. The lowest BCUT2D eigenvalue weighted by Gasteiger charge is -1.98. The number of rotatable bonds is 5. The first-order valence-electron chi connectivity index (χ1n) is 4.46. The van der Waals surface area contributed by atoms with E-state index in [9.17, 15) is 0 Å². The largest absolute Gasteiger partial charge is 0.463 e. The molecule has 2 heterocycles. The third kappa shape index (κ3) is 2.97. The predicted molar refractivity (Wildman–Crippen MR) is 63.2 cm³/mol. The summed E-state index contributed by atoms with van der Waals surface area (Å²) in [6.07, 6.45) is 3.76. The molecule has 6 heteroatoms. The van der Waals surface area contributed by atoms with Crippen LogP contribution in [0, 0.1) is 0 Å². The monoisotopic (exact) mass is 241 g/mol. The normalized spacial score (nSPS) is 10.5. The Morgan fingerprint density at radius 2 is 2.33 bits per heavy atom. The summed E-state index contributed by atoms with van der Waals surface area (Å²) in [5.41, 5.74) is 0. The zero-order chi connectivity index (χ0) is 10.5. The van der Waals surface area contributed by atoms with E-state index in [2.05, 4.69) is 21.2 Å². The summed E-state index contributed by atoms with van der Waals surface area (Å²) < 4.78 is 9.37. The summed E-state index contributed by atoms with van der Waals surface area (Å²) in [6, 6.07) is 4.01. The first-order chi connectivity index (χ1) is 7.38. The second kappa shape index (κ2) is 5.18. The van der Waals surface area contributed by atoms with Gasteiger partial charge in [-0.1, -0.05) is 4.49 Å². The molecular weight excluding hydrogens is 230 g/mol. The standard InChI is InChI=1S/C9H11N3OS2/c1-14-6-8-3-2-7(13-8)4-10-9-5-11-12-15-9/h2-3,5,10H,4,6H2,1H3. The van der Waals surface area contributed by atoms with Gasteiger partial charge in [-0.3, -0.25) is 0 Å². The van der Waals surface area contributed by atoms with Gasteiger partial charge in [0.15, 0.2) is 0 Å². The molecule has 0 atom stereocenters. The van der Waals surface area contributed by atoms with Crippen molar-refractivity contribution < 1.29 is 4.42 Å². The maximum atomic E-state index is 5.60. The molecule has 4 nitrogen and oxygen atoms in total. The molecule has 2 aromatic rings. The van der Waals surface area contributed by atoms with Gasteiger partial charge in [0, 0.05) is 11.5 Å². The number of furan rings is 1. The van der Waals surface area contributed by atoms with Gasteiger partial charge in [0.25, 0.3) is 0 Å². The number of nitrogens with zero attached hydrogens (tertiary/aromatic N) is 2. The van der Waals surface area contributed by atoms with Gasteiger partial charge in [0.05, 0.1) is 18.5 Å². The van der Waals surface area contributed by atoms with Crippen molar-refractivity contribution >= 4 is 28.3 Å². The average molecular weight is 241 g/mol. The molecule has 2 aromatic heterocycles. The fraction of sp³-hybridized carbons (Fsp3) is 0.333. The zero-order valence-electron chi connectivity index (χ0n) is 8.27. The first kappa shape index (κ1) is 10.5. The predicted octanol–water partition coefficient (Wildman–Crippen LogP) is 2.61. The van der Waals surface area contributed by atoms with Crippen LogP contribution in [0.1, 0.15) is 11.5 Å². The molecule has 0 unspecified atom stereocenters. The maximum Gasteiger partial charge on any atom is 0.130 e. The summed E-state index contributed by atoms with van der Waals surface area (Å²) in [4.78, 5) is 0. The molecule has 0 bridgehead atoms. The van der Waals surface area contributed by atoms with Crippen LogP contribution in [-0.2, 0) is 12.3 Å². The summed E-state index contributed by atoms with van der Waals surface area (Å²) in [6.45, 7) is 0.679. The average Bonchev–Trinajstić information content (AvgIpc) is 2.85. The maximum absolute atomic E-state index is 5.60. The van der Waals surface area contributed by atoms with Gasteiger partial charge in [-0.05, 0) is 18.4 Å². The Bertz CT molecular complexity index is 399. The fourth-order valence-corrected chi connectivity index (χ4v) is 2.01. The molecule has 2 rings (SSSR count). The van der Waals surface area contributed by atoms with Crippen LogP contribution in [0.2, 0.25) is 0 Å². The molecule has 0 aliphatic heterocycles. The molecule has 0 amide bonds. The summed E-state index contributed by atoms with van der Waals surface area (Å²) >= 11 is 3.09. The molecular formula is C9H11N3OS2. The van der Waals surface area contributed by atoms with Crippen molar-refractivity contribution in [2.75, 3.05) is 11.6 Å². The Kier molecular flexibility index (Phi) is 3.63. The number of thioether (sulfide) groups is 1. The van der Waals surface area contributed by atoms with Crippen LogP contribution in [0.3, 0.4) is 0 Å². The van der Waals surface area contributed by atoms with Crippen LogP contribution in [0.25, 0.3) is 0 Å². The Morgan fingerprint density at radius 1 is 1.47 bits per heavy atom. The van der Waals surface area contributed by atoms with E-state index in [1.807, 2.05) is 12.1 Å². The van der Waals surface area contributed by atoms with Crippen molar-refractivity contribution in [1.82, 2.24) is 9.59 Å². The van der Waals surface area contributed by atoms with E-state index >= 15 is 0 Å². The van der Waals surface area contributed by atoms with Gasteiger partial charge in [-0.25, -0.2) is 0 Å². The van der Waals surface area contributed by atoms with Gasteiger partial charge in [0.1, 0.15) is 16.5 Å². The van der Waals surface area contributed by atoms with Crippen LogP contribution in [0.5, 0.6) is 0 Å². The summed E-state index contributed by atoms with van der Waals surface area (Å²) in [5, 5.41) is 7.89. The van der Waals surface area contributed by atoms with Crippen molar-refractivity contribution in [3.8, 4) is 0 Å². The second-order valence-corrected chi connectivity index (χ2v) is 4.59. The van der Waals surface area contributed by atoms with Crippen LogP contribution in [0.15, 0.2) is 22.7 Å². The number of aromatic nitrogens is 2. The van der Waals surface area contributed by atoms with E-state index in [-0.39, 0.29) is 0 Å². The Labute approximate surface area is 96.2 Å². The van der Waals surface area contributed by atoms with Crippen molar-refractivity contribution in [3.05, 3.63) is 29.9 Å². The van der Waals surface area contributed by atoms with Crippen LogP contribution < -0.4 is 5.32 Å². The molecule has 0 aromatic carbocycles. The van der Waals surface area contributed by atoms with Gasteiger partial charge in [0.2, 0.25) is 0 Å². The van der Waals surface area contributed by atoms with Crippen LogP contribution in [-0.4, -0.2) is 15.8 Å². The Balaban J connectivity index is 1.88. The molecule has 0 radical (unpaired) electrons. The highest BCUT2D eigenvalue weighted by Gasteiger charge is 2.02. The van der Waals surface area contributed by atoms with Gasteiger partial charge >= 0.3 is 0 Å². The third-order valence-electron chi connectivity index (χ3n) is 1.80. The lowest BCUT2D eigenvalue weighted by Crippen LogP contribution is -1.95. The highest BCUT2D eigenvalue weighted by molar-refractivity contribution is 7.97. The van der Waals surface area contributed by atoms with Crippen molar-refractivity contribution in [2.24, 2.45) is 0 Å².